The van der Waals surface area contributed by atoms with Crippen molar-refractivity contribution in [3.8, 4) is 50.2 Å². The lowest BCUT2D eigenvalue weighted by molar-refractivity contribution is 0.768. The summed E-state index contributed by atoms with van der Waals surface area (Å²) in [7, 11) is 0. The molecule has 0 radical (unpaired) electrons. The Bertz CT molecular complexity index is 3740. The Morgan fingerprint density at radius 2 is 0.725 bits per heavy atom. The van der Waals surface area contributed by atoms with Gasteiger partial charge < -0.3 is 9.47 Å². The van der Waals surface area contributed by atoms with Gasteiger partial charge in [0.2, 0.25) is 0 Å². The number of anilines is 3. The molecule has 69 heavy (non-hydrogen) atoms. The van der Waals surface area contributed by atoms with E-state index in [0.717, 1.165) is 28.3 Å². The second-order valence-electron chi connectivity index (χ2n) is 18.0. The molecule has 12 aromatic rings. The molecule has 13 rings (SSSR count). The SMILES string of the molecule is c1ccc(-c2ccccc2-c2ccccc2-c2ccccc2N(c2ccc(-n3c4ccccc4c4ccccc43)cc2)c2ccc3c(c2)C(c2ccccc2)(c2ccccc2)c2ccccc2-3)cc1. The van der Waals surface area contributed by atoms with Crippen LogP contribution in [0.5, 0.6) is 0 Å². The van der Waals surface area contributed by atoms with Gasteiger partial charge in [0.15, 0.2) is 0 Å². The number of aromatic nitrogens is 1. The third kappa shape index (κ3) is 6.48. The highest BCUT2D eigenvalue weighted by Crippen LogP contribution is 2.57. The van der Waals surface area contributed by atoms with Crippen molar-refractivity contribution in [2.75, 3.05) is 4.90 Å². The first-order valence-corrected chi connectivity index (χ1v) is 23.8. The average molecular weight is 879 g/mol. The van der Waals surface area contributed by atoms with Gasteiger partial charge in [-0.3, -0.25) is 0 Å². The summed E-state index contributed by atoms with van der Waals surface area (Å²) in [5, 5.41) is 2.50. The lowest BCUT2D eigenvalue weighted by Gasteiger charge is -2.35. The van der Waals surface area contributed by atoms with E-state index in [2.05, 4.69) is 289 Å². The van der Waals surface area contributed by atoms with Gasteiger partial charge in [-0.1, -0.05) is 224 Å². The molecule has 11 aromatic carbocycles. The van der Waals surface area contributed by atoms with Gasteiger partial charge in [0.05, 0.1) is 22.1 Å². The van der Waals surface area contributed by atoms with Crippen LogP contribution in [0.1, 0.15) is 22.3 Å². The van der Waals surface area contributed by atoms with Crippen molar-refractivity contribution in [3.63, 3.8) is 0 Å². The summed E-state index contributed by atoms with van der Waals surface area (Å²) in [5.74, 6) is 0. The second kappa shape index (κ2) is 16.7. The lowest BCUT2D eigenvalue weighted by atomic mass is 9.67. The van der Waals surface area contributed by atoms with Crippen molar-refractivity contribution < 1.29 is 0 Å². The first-order chi connectivity index (χ1) is 34.3. The molecule has 0 spiro atoms. The molecule has 0 saturated carbocycles. The summed E-state index contributed by atoms with van der Waals surface area (Å²) >= 11 is 0. The largest absolute Gasteiger partial charge is 0.310 e. The zero-order valence-electron chi connectivity index (χ0n) is 38.0. The predicted octanol–water partition coefficient (Wildman–Crippen LogP) is 17.6. The van der Waals surface area contributed by atoms with Crippen molar-refractivity contribution in [2.45, 2.75) is 5.41 Å². The van der Waals surface area contributed by atoms with Gasteiger partial charge in [-0.2, -0.15) is 0 Å². The van der Waals surface area contributed by atoms with Gasteiger partial charge in [0.1, 0.15) is 0 Å². The molecule has 324 valence electrons. The van der Waals surface area contributed by atoms with Crippen LogP contribution in [0.15, 0.2) is 279 Å². The van der Waals surface area contributed by atoms with Crippen LogP contribution in [0.4, 0.5) is 17.1 Å². The van der Waals surface area contributed by atoms with Crippen LogP contribution in [0.3, 0.4) is 0 Å². The molecule has 0 saturated heterocycles. The smallest absolute Gasteiger partial charge is 0.0714 e. The minimum Gasteiger partial charge on any atom is -0.310 e. The van der Waals surface area contributed by atoms with Crippen molar-refractivity contribution in [3.05, 3.63) is 301 Å². The van der Waals surface area contributed by atoms with E-state index >= 15 is 0 Å². The lowest BCUT2D eigenvalue weighted by Crippen LogP contribution is -2.28. The van der Waals surface area contributed by atoms with Crippen LogP contribution in [0.2, 0.25) is 0 Å². The zero-order chi connectivity index (χ0) is 45.7. The predicted molar refractivity (Wildman–Crippen MR) is 289 cm³/mol. The molecule has 0 unspecified atom stereocenters. The van der Waals surface area contributed by atoms with Crippen molar-refractivity contribution >= 4 is 38.9 Å². The van der Waals surface area contributed by atoms with Crippen LogP contribution in [0.25, 0.3) is 72.0 Å². The van der Waals surface area contributed by atoms with Crippen LogP contribution in [-0.4, -0.2) is 4.57 Å². The van der Waals surface area contributed by atoms with Gasteiger partial charge in [-0.15, -0.1) is 0 Å². The highest BCUT2D eigenvalue weighted by atomic mass is 15.1. The van der Waals surface area contributed by atoms with Crippen molar-refractivity contribution in [1.29, 1.82) is 0 Å². The number of fused-ring (bicyclic) bond motifs is 6. The Kier molecular flexibility index (Phi) is 9.77. The standard InChI is InChI=1S/C67H46N2/c1-4-22-47(23-5-1)53-28-10-11-29-54(53)55-30-12-13-31-56(55)59-33-15-19-37-64(59)68(50-40-42-51(43-41-50)69-65-38-20-16-34-60(65)61-35-17-21-39-66(61)69)52-44-45-58-57-32-14-18-36-62(57)67(63(58)46-52,48-24-6-2-7-25-48)49-26-8-3-9-27-49/h1-46H. The molecule has 1 aromatic heterocycles. The van der Waals surface area contributed by atoms with Crippen molar-refractivity contribution in [2.24, 2.45) is 0 Å². The number of nitrogens with zero attached hydrogens (tertiary/aromatic N) is 2. The van der Waals surface area contributed by atoms with Gasteiger partial charge in [-0.05, 0) is 116 Å². The minimum atomic E-state index is -0.552. The molecule has 0 fully saturated rings. The minimum absolute atomic E-state index is 0.552. The zero-order valence-corrected chi connectivity index (χ0v) is 38.0. The molecular formula is C67H46N2. The first kappa shape index (κ1) is 40.3. The number of rotatable bonds is 9. The Morgan fingerprint density at radius 3 is 1.35 bits per heavy atom. The summed E-state index contributed by atoms with van der Waals surface area (Å²) in [4.78, 5) is 2.48. The summed E-state index contributed by atoms with van der Waals surface area (Å²) in [6, 6.07) is 102. The summed E-state index contributed by atoms with van der Waals surface area (Å²) in [5.41, 5.74) is 20.8. The molecule has 0 amide bonds. The van der Waals surface area contributed by atoms with Crippen LogP contribution < -0.4 is 4.90 Å². The molecule has 1 heterocycles. The fourth-order valence-corrected chi connectivity index (χ4v) is 11.4. The molecule has 1 aliphatic rings. The van der Waals surface area contributed by atoms with E-state index in [0.29, 0.717) is 0 Å². The number of hydrogen-bond donors (Lipinski definition) is 0. The number of hydrogen-bond acceptors (Lipinski definition) is 1. The maximum absolute atomic E-state index is 2.48. The fraction of sp³-hybridized carbons (Fsp3) is 0.0149. The monoisotopic (exact) mass is 878 g/mol. The highest BCUT2D eigenvalue weighted by Gasteiger charge is 2.46. The molecule has 2 nitrogen and oxygen atoms in total. The summed E-state index contributed by atoms with van der Waals surface area (Å²) in [6.07, 6.45) is 0. The second-order valence-corrected chi connectivity index (χ2v) is 18.0. The van der Waals surface area contributed by atoms with Crippen LogP contribution >= 0.6 is 0 Å². The maximum Gasteiger partial charge on any atom is 0.0714 e. The van der Waals surface area contributed by atoms with E-state index in [1.54, 1.807) is 0 Å². The van der Waals surface area contributed by atoms with E-state index < -0.39 is 5.41 Å². The molecule has 0 atom stereocenters. The topological polar surface area (TPSA) is 8.17 Å². The van der Waals surface area contributed by atoms with Gasteiger partial charge in [0, 0.05) is 33.4 Å². The van der Waals surface area contributed by atoms with E-state index in [9.17, 15) is 0 Å². The Labute approximate surface area is 403 Å². The van der Waals surface area contributed by atoms with E-state index in [4.69, 9.17) is 0 Å². The quantitative estimate of drug-likeness (QED) is 0.140. The normalized spacial score (nSPS) is 12.5. The fourth-order valence-electron chi connectivity index (χ4n) is 11.4. The molecule has 0 N–H and O–H groups in total. The molecule has 0 aliphatic heterocycles. The first-order valence-electron chi connectivity index (χ1n) is 23.8. The molecule has 2 heteroatoms. The van der Waals surface area contributed by atoms with E-state index in [1.807, 2.05) is 0 Å². The summed E-state index contributed by atoms with van der Waals surface area (Å²) < 4.78 is 2.40. The average Bonchev–Trinajstić information content (AvgIpc) is 3.93. The van der Waals surface area contributed by atoms with Gasteiger partial charge >= 0.3 is 0 Å². The molecular weight excluding hydrogens is 833 g/mol. The van der Waals surface area contributed by atoms with E-state index in [1.165, 1.54) is 83.0 Å². The Morgan fingerprint density at radius 1 is 0.290 bits per heavy atom. The number of benzene rings is 11. The van der Waals surface area contributed by atoms with Crippen LogP contribution in [0, 0.1) is 0 Å². The third-order valence-corrected chi connectivity index (χ3v) is 14.3. The molecule has 0 bridgehead atoms. The summed E-state index contributed by atoms with van der Waals surface area (Å²) in [6.45, 7) is 0. The van der Waals surface area contributed by atoms with Gasteiger partial charge in [-0.25, -0.2) is 0 Å². The third-order valence-electron chi connectivity index (χ3n) is 14.3. The van der Waals surface area contributed by atoms with Crippen molar-refractivity contribution in [1.82, 2.24) is 4.57 Å². The molecule has 1 aliphatic carbocycles. The van der Waals surface area contributed by atoms with Gasteiger partial charge in [0.25, 0.3) is 0 Å². The highest BCUT2D eigenvalue weighted by molar-refractivity contribution is 6.09. The number of para-hydroxylation sites is 3. The van der Waals surface area contributed by atoms with Crippen LogP contribution in [-0.2, 0) is 5.41 Å². The maximum atomic E-state index is 2.48. The van der Waals surface area contributed by atoms with E-state index in [-0.39, 0.29) is 0 Å². The Balaban J connectivity index is 1.05. The Hall–Kier alpha value is -8.98.